The molecule has 2 fully saturated rings. The van der Waals surface area contributed by atoms with Crippen LogP contribution in [-0.4, -0.2) is 100 Å². The molecule has 5 N–H and O–H groups in total. The zero-order chi connectivity index (χ0) is 22.7. The maximum atomic E-state index is 11.5. The van der Waals surface area contributed by atoms with Crippen LogP contribution in [0.3, 0.4) is 0 Å². The van der Waals surface area contributed by atoms with Crippen LogP contribution in [0.4, 0.5) is 0 Å². The van der Waals surface area contributed by atoms with Gasteiger partial charge in [-0.1, -0.05) is 0 Å². The number of rotatable bonds is 2. The van der Waals surface area contributed by atoms with Gasteiger partial charge in [-0.3, -0.25) is 0 Å². The minimum atomic E-state index is -1.69. The first-order chi connectivity index (χ1) is 14.7. The Kier molecular flexibility index (Phi) is 7.65. The molecule has 1 aromatic carbocycles. The van der Waals surface area contributed by atoms with E-state index in [1.54, 1.807) is 19.1 Å². The Labute approximate surface area is 178 Å². The van der Waals surface area contributed by atoms with Gasteiger partial charge in [0.25, 0.3) is 0 Å². The van der Waals surface area contributed by atoms with Gasteiger partial charge in [0.15, 0.2) is 6.10 Å². The summed E-state index contributed by atoms with van der Waals surface area (Å²) >= 11 is 0. The number of nitrogens with zero attached hydrogens (tertiary/aromatic N) is 1. The normalized spacial score (nSPS) is 31.7. The molecule has 1 aliphatic carbocycles. The Morgan fingerprint density at radius 2 is 1.52 bits per heavy atom. The van der Waals surface area contributed by atoms with E-state index in [0.29, 0.717) is 5.39 Å². The topological polar surface area (TPSA) is 153 Å². The molecule has 0 spiro atoms. The summed E-state index contributed by atoms with van der Waals surface area (Å²) in [5.74, 6) is 0.162. The molecule has 0 amide bonds. The highest BCUT2D eigenvalue weighted by atomic mass is 16.5. The van der Waals surface area contributed by atoms with Gasteiger partial charge in [0.2, 0.25) is 0 Å². The van der Waals surface area contributed by atoms with Crippen LogP contribution in [0.2, 0.25) is 0 Å². The van der Waals surface area contributed by atoms with Crippen molar-refractivity contribution in [2.24, 2.45) is 0 Å². The third kappa shape index (κ3) is 5.42. The van der Waals surface area contributed by atoms with Crippen LogP contribution < -0.4 is 10.4 Å². The molecule has 10 heteroatoms. The van der Waals surface area contributed by atoms with Crippen LogP contribution in [-0.2, 0) is 4.74 Å². The van der Waals surface area contributed by atoms with Crippen LogP contribution in [0.25, 0.3) is 11.0 Å². The average molecular weight is 439 g/mol. The molecule has 31 heavy (non-hydrogen) atoms. The quantitative estimate of drug-likeness (QED) is 0.354. The maximum absolute atomic E-state index is 11.5. The summed E-state index contributed by atoms with van der Waals surface area (Å²) in [6.07, 6.45) is -9.63. The largest absolute Gasteiger partial charge is 0.485 e. The number of hydrogen-bond donors (Lipinski definition) is 5. The highest BCUT2D eigenvalue weighted by Gasteiger charge is 2.49. The average Bonchev–Trinajstić information content (AvgIpc) is 2.74. The number of fused-ring (bicyclic) bond motifs is 1. The molecule has 1 aromatic heterocycles. The number of likely N-dealkylation sites (N-methyl/N-ethyl adjacent to an activating group) is 1. The molecule has 1 saturated carbocycles. The lowest BCUT2D eigenvalue weighted by Gasteiger charge is -2.41. The molecule has 1 saturated heterocycles. The lowest BCUT2D eigenvalue weighted by atomic mass is 9.85. The van der Waals surface area contributed by atoms with Crippen molar-refractivity contribution in [3.63, 3.8) is 0 Å². The predicted molar refractivity (Wildman–Crippen MR) is 110 cm³/mol. The Balaban J connectivity index is 0.000000330. The molecule has 2 unspecified atom stereocenters. The van der Waals surface area contributed by atoms with Gasteiger partial charge in [-0.15, -0.1) is 0 Å². The van der Waals surface area contributed by atoms with Gasteiger partial charge in [0.05, 0.1) is 13.2 Å². The molecule has 1 aliphatic heterocycles. The summed E-state index contributed by atoms with van der Waals surface area (Å²) in [7, 11) is 2.11. The van der Waals surface area contributed by atoms with Gasteiger partial charge in [-0.05, 0) is 31.7 Å². The molecular formula is C21H29NO9. The van der Waals surface area contributed by atoms with Crippen LogP contribution >= 0.6 is 0 Å². The van der Waals surface area contributed by atoms with E-state index < -0.39 is 42.2 Å². The van der Waals surface area contributed by atoms with Gasteiger partial charge in [-0.25, -0.2) is 4.79 Å². The summed E-state index contributed by atoms with van der Waals surface area (Å²) in [6, 6.07) is 5.95. The lowest BCUT2D eigenvalue weighted by Crippen LogP contribution is -2.65. The number of benzene rings is 1. The number of aliphatic hydroxyl groups is 5. The zero-order valence-electron chi connectivity index (χ0n) is 17.4. The highest BCUT2D eigenvalue weighted by molar-refractivity contribution is 5.81. The van der Waals surface area contributed by atoms with Crippen molar-refractivity contribution in [3.05, 3.63) is 40.2 Å². The third-order valence-electron chi connectivity index (χ3n) is 5.50. The number of morpholine rings is 1. The summed E-state index contributed by atoms with van der Waals surface area (Å²) in [5.41, 5.74) is 0.460. The Morgan fingerprint density at radius 3 is 2.06 bits per heavy atom. The Hall–Kier alpha value is -2.05. The second kappa shape index (κ2) is 10.0. The maximum Gasteiger partial charge on any atom is 0.336 e. The minimum Gasteiger partial charge on any atom is -0.485 e. The summed E-state index contributed by atoms with van der Waals surface area (Å²) in [4.78, 5) is 13.7. The summed E-state index contributed by atoms with van der Waals surface area (Å²) in [5, 5.41) is 49.6. The predicted octanol–water partition coefficient (Wildman–Crippen LogP) is -1.38. The highest BCUT2D eigenvalue weighted by Crippen LogP contribution is 2.28. The van der Waals surface area contributed by atoms with Crippen molar-refractivity contribution in [1.29, 1.82) is 0 Å². The molecule has 172 valence electrons. The van der Waals surface area contributed by atoms with Crippen LogP contribution in [0.1, 0.15) is 5.56 Å². The van der Waals surface area contributed by atoms with Crippen LogP contribution in [0.15, 0.2) is 33.5 Å². The van der Waals surface area contributed by atoms with E-state index >= 15 is 0 Å². The van der Waals surface area contributed by atoms with E-state index in [4.69, 9.17) is 13.9 Å². The first kappa shape index (κ1) is 23.6. The smallest absolute Gasteiger partial charge is 0.336 e. The Morgan fingerprint density at radius 1 is 0.935 bits per heavy atom. The molecule has 0 bridgehead atoms. The van der Waals surface area contributed by atoms with Crippen molar-refractivity contribution >= 4 is 11.0 Å². The molecule has 4 rings (SSSR count). The second-order valence-corrected chi connectivity index (χ2v) is 7.86. The Bertz CT molecular complexity index is 911. The second-order valence-electron chi connectivity index (χ2n) is 7.86. The number of aryl methyl sites for hydroxylation is 1. The lowest BCUT2D eigenvalue weighted by molar-refractivity contribution is -0.216. The van der Waals surface area contributed by atoms with E-state index in [1.165, 1.54) is 12.1 Å². The molecule has 2 aromatic rings. The molecule has 2 aliphatic rings. The number of hydrogen-bond acceptors (Lipinski definition) is 10. The van der Waals surface area contributed by atoms with E-state index in [1.807, 2.05) is 0 Å². The van der Waals surface area contributed by atoms with Crippen LogP contribution in [0, 0.1) is 6.92 Å². The third-order valence-corrected chi connectivity index (χ3v) is 5.50. The van der Waals surface area contributed by atoms with Gasteiger partial charge in [0, 0.05) is 30.6 Å². The number of aliphatic hydroxyl groups excluding tert-OH is 5. The van der Waals surface area contributed by atoms with Crippen molar-refractivity contribution in [3.8, 4) is 5.75 Å². The molecule has 2 heterocycles. The van der Waals surface area contributed by atoms with Gasteiger partial charge < -0.3 is 44.3 Å². The molecule has 0 radical (unpaired) electrons. The SMILES string of the molecule is CN1CCOCC1.Cc1cc(=O)oc2cc(OC3[C@H](O)[C@H](O)C(O)[C@H](O)[C@H]3O)ccc12. The van der Waals surface area contributed by atoms with Gasteiger partial charge >= 0.3 is 5.63 Å². The fraction of sp³-hybridized carbons (Fsp3) is 0.571. The van der Waals surface area contributed by atoms with Gasteiger partial charge in [-0.2, -0.15) is 0 Å². The number of ether oxygens (including phenoxy) is 2. The standard InChI is InChI=1S/C16H18O8.C5H11NO/c1-6-4-10(17)24-9-5-7(2-3-8(6)9)23-16-14(21)12(19)11(18)13(20)15(16)22;1-6-2-4-7-5-3-6/h2-5,11-16,18-22H,1H3;2-5H2,1H3/t11?,12-,13+,14-,15-,16?;/m1./s1. The molecule has 10 nitrogen and oxygen atoms in total. The minimum absolute atomic E-state index is 0.162. The molecule has 6 atom stereocenters. The summed E-state index contributed by atoms with van der Waals surface area (Å²) < 4.78 is 15.6. The van der Waals surface area contributed by atoms with Crippen molar-refractivity contribution in [2.75, 3.05) is 33.4 Å². The van der Waals surface area contributed by atoms with E-state index in [9.17, 15) is 30.3 Å². The van der Waals surface area contributed by atoms with Crippen molar-refractivity contribution < 1.29 is 39.4 Å². The zero-order valence-corrected chi connectivity index (χ0v) is 17.4. The monoisotopic (exact) mass is 439 g/mol. The fourth-order valence-corrected chi connectivity index (χ4v) is 3.53. The summed E-state index contributed by atoms with van der Waals surface area (Å²) in [6.45, 7) is 5.77. The van der Waals surface area contributed by atoms with E-state index in [0.717, 1.165) is 31.9 Å². The van der Waals surface area contributed by atoms with Crippen molar-refractivity contribution in [2.45, 2.75) is 43.5 Å². The van der Waals surface area contributed by atoms with Crippen LogP contribution in [0.5, 0.6) is 5.75 Å². The molecular weight excluding hydrogens is 410 g/mol. The van der Waals surface area contributed by atoms with Gasteiger partial charge in [0.1, 0.15) is 41.9 Å². The fourth-order valence-electron chi connectivity index (χ4n) is 3.53. The first-order valence-electron chi connectivity index (χ1n) is 10.1. The van der Waals surface area contributed by atoms with Crippen molar-refractivity contribution in [1.82, 2.24) is 4.90 Å². The van der Waals surface area contributed by atoms with E-state index in [-0.39, 0.29) is 11.3 Å². The first-order valence-corrected chi connectivity index (χ1v) is 10.1. The van der Waals surface area contributed by atoms with E-state index in [2.05, 4.69) is 11.9 Å².